The summed E-state index contributed by atoms with van der Waals surface area (Å²) in [6.45, 7) is 7.08. The largest absolute Gasteiger partial charge is 0.362 e. The molecule has 224 valence electrons. The number of ketones is 1. The molecule has 6 atom stereocenters. The van der Waals surface area contributed by atoms with Gasteiger partial charge < -0.3 is 19.3 Å². The molecule has 0 aromatic heterocycles. The number of Topliss-reactive ketones (excluding diaryl/α,β-unsaturated/α-hetero) is 1. The lowest BCUT2D eigenvalue weighted by molar-refractivity contribution is -0.148. The van der Waals surface area contributed by atoms with Crippen molar-refractivity contribution in [2.24, 2.45) is 10.9 Å². The summed E-state index contributed by atoms with van der Waals surface area (Å²) < 4.78 is 12.7. The van der Waals surface area contributed by atoms with Crippen molar-refractivity contribution in [1.82, 2.24) is 20.0 Å². The average Bonchev–Trinajstić information content (AvgIpc) is 3.42. The number of carbonyl (C=O) groups excluding carboxylic acids is 2. The van der Waals surface area contributed by atoms with E-state index in [1.807, 2.05) is 18.2 Å². The first-order valence-electron chi connectivity index (χ1n) is 15.0. The van der Waals surface area contributed by atoms with Crippen molar-refractivity contribution < 1.29 is 19.1 Å². The number of hydrogen-bond acceptors (Lipinski definition) is 9. The summed E-state index contributed by atoms with van der Waals surface area (Å²) in [5.74, 6) is -0.400. The van der Waals surface area contributed by atoms with Crippen molar-refractivity contribution in [2.75, 3.05) is 39.8 Å². The maximum Gasteiger partial charge on any atom is 0.246 e. The van der Waals surface area contributed by atoms with E-state index in [-0.39, 0.29) is 36.2 Å². The Morgan fingerprint density at radius 1 is 1.33 bits per heavy atom. The molecule has 5 aliphatic rings. The molecule has 1 saturated carbocycles. The fraction of sp³-hybridized carbons (Fsp3) is 0.613. The Balaban J connectivity index is 1.27. The van der Waals surface area contributed by atoms with Crippen LogP contribution in [0.15, 0.2) is 35.8 Å². The van der Waals surface area contributed by atoms with Crippen molar-refractivity contribution in [1.29, 1.82) is 5.26 Å². The van der Waals surface area contributed by atoms with Crippen LogP contribution < -0.4 is 5.32 Å². The molecular weight excluding hydrogens is 556 g/mol. The predicted octanol–water partition coefficient (Wildman–Crippen LogP) is 2.51. The van der Waals surface area contributed by atoms with E-state index in [0.717, 1.165) is 30.5 Å². The Kier molecular flexibility index (Phi) is 8.51. The number of nitrogens with one attached hydrogen (secondary N) is 1. The minimum absolute atomic E-state index is 0.0727. The zero-order valence-electron chi connectivity index (χ0n) is 24.1. The molecule has 1 aromatic carbocycles. The number of aliphatic imine (C=N–C) groups is 1. The van der Waals surface area contributed by atoms with Gasteiger partial charge >= 0.3 is 0 Å². The maximum absolute atomic E-state index is 14.4. The second-order valence-electron chi connectivity index (χ2n) is 12.1. The van der Waals surface area contributed by atoms with E-state index >= 15 is 0 Å². The number of piperazine rings is 1. The third-order valence-electron chi connectivity index (χ3n) is 9.80. The van der Waals surface area contributed by atoms with Crippen molar-refractivity contribution in [3.63, 3.8) is 0 Å². The first-order chi connectivity index (χ1) is 20.3. The van der Waals surface area contributed by atoms with Crippen LogP contribution in [0.25, 0.3) is 0 Å². The Morgan fingerprint density at radius 3 is 2.95 bits per heavy atom. The summed E-state index contributed by atoms with van der Waals surface area (Å²) in [4.78, 5) is 38.1. The molecule has 2 saturated heterocycles. The standard InChI is InChI=1S/C31H39ClN6O4/c1-3-26(39)38-15-14-37(17-21(38)10-12-33)29-23-9-11-31(16-20-6-4-8-25(32)24(20)19-42-31)28(40)27(23)34-30(35-29)41-18-22-7-5-13-36(22)2/h3-4,6,8,21-23,29-30,35H,1,5,7,9-11,13-19H2,2H3/t21?,22?,23?,29?,30?,31-/m1/s1. The number of rotatable bonds is 6. The summed E-state index contributed by atoms with van der Waals surface area (Å²) in [7, 11) is 2.11. The molecule has 1 spiro atoms. The van der Waals surface area contributed by atoms with E-state index in [1.54, 1.807) is 4.90 Å². The molecular formula is C31H39ClN6O4. The van der Waals surface area contributed by atoms with Gasteiger partial charge in [-0.25, -0.2) is 4.99 Å². The second-order valence-corrected chi connectivity index (χ2v) is 12.6. The quantitative estimate of drug-likeness (QED) is 0.500. The van der Waals surface area contributed by atoms with E-state index < -0.39 is 12.0 Å². The van der Waals surface area contributed by atoms with Gasteiger partial charge in [-0.15, -0.1) is 0 Å². The summed E-state index contributed by atoms with van der Waals surface area (Å²) in [5.41, 5.74) is 1.54. The number of nitrogens with zero attached hydrogens (tertiary/aromatic N) is 5. The summed E-state index contributed by atoms with van der Waals surface area (Å²) in [6.07, 6.45) is 4.59. The van der Waals surface area contributed by atoms with Crippen molar-refractivity contribution >= 4 is 29.0 Å². The third kappa shape index (κ3) is 5.43. The number of amides is 1. The Morgan fingerprint density at radius 2 is 2.19 bits per heavy atom. The molecule has 6 rings (SSSR count). The number of likely N-dealkylation sites (N-methyl/N-ethyl adjacent to an activating group) is 1. The minimum atomic E-state index is -0.969. The molecule has 1 aromatic rings. The lowest BCUT2D eigenvalue weighted by Gasteiger charge is -2.51. The summed E-state index contributed by atoms with van der Waals surface area (Å²) >= 11 is 6.44. The second kappa shape index (κ2) is 12.2. The van der Waals surface area contributed by atoms with Crippen molar-refractivity contribution in [3.05, 3.63) is 47.0 Å². The molecule has 3 fully saturated rings. The van der Waals surface area contributed by atoms with E-state index in [4.69, 9.17) is 26.1 Å². The number of benzene rings is 1. The van der Waals surface area contributed by atoms with Gasteiger partial charge in [0.15, 0.2) is 0 Å². The number of nitriles is 1. The predicted molar refractivity (Wildman–Crippen MR) is 158 cm³/mol. The maximum atomic E-state index is 14.4. The van der Waals surface area contributed by atoms with Gasteiger partial charge in [0.2, 0.25) is 18.0 Å². The molecule has 0 bridgehead atoms. The Bertz CT molecular complexity index is 1310. The molecule has 0 radical (unpaired) electrons. The average molecular weight is 595 g/mol. The molecule has 4 aliphatic heterocycles. The van der Waals surface area contributed by atoms with Crippen LogP contribution in [0.4, 0.5) is 0 Å². The first kappa shape index (κ1) is 29.4. The SMILES string of the molecule is C=CC(=O)N1CCN(C2NC(OCC3CCCN3C)N=C3C(=O)[C@@]4(CCC32)Cc2cccc(Cl)c2CO4)CC1CC#N. The van der Waals surface area contributed by atoms with E-state index in [1.165, 1.54) is 6.08 Å². The molecule has 1 N–H and O–H groups in total. The molecule has 1 aliphatic carbocycles. The molecule has 11 heteroatoms. The van der Waals surface area contributed by atoms with Crippen LogP contribution in [0.5, 0.6) is 0 Å². The highest BCUT2D eigenvalue weighted by atomic mass is 35.5. The van der Waals surface area contributed by atoms with Crippen LogP contribution in [0.3, 0.4) is 0 Å². The highest BCUT2D eigenvalue weighted by Crippen LogP contribution is 2.42. The number of carbonyl (C=O) groups is 2. The number of ether oxygens (including phenoxy) is 2. The van der Waals surface area contributed by atoms with Crippen LogP contribution in [0, 0.1) is 17.2 Å². The fourth-order valence-corrected chi connectivity index (χ4v) is 7.64. The Labute approximate surface area is 252 Å². The molecule has 5 unspecified atom stereocenters. The summed E-state index contributed by atoms with van der Waals surface area (Å²) in [6, 6.07) is 8.09. The third-order valence-corrected chi connectivity index (χ3v) is 10.2. The van der Waals surface area contributed by atoms with Gasteiger partial charge in [0.25, 0.3) is 0 Å². The Hall–Kier alpha value is -2.65. The molecule has 10 nitrogen and oxygen atoms in total. The minimum Gasteiger partial charge on any atom is -0.362 e. The normalized spacial score (nSPS) is 33.5. The van der Waals surface area contributed by atoms with Gasteiger partial charge in [-0.1, -0.05) is 30.3 Å². The van der Waals surface area contributed by atoms with E-state index in [2.05, 4.69) is 34.8 Å². The van der Waals surface area contributed by atoms with Gasteiger partial charge in [-0.2, -0.15) is 5.26 Å². The number of fused-ring (bicyclic) bond motifs is 2. The van der Waals surface area contributed by atoms with Crippen molar-refractivity contribution in [3.8, 4) is 6.07 Å². The number of halogens is 1. The highest BCUT2D eigenvalue weighted by molar-refractivity contribution is 6.44. The smallest absolute Gasteiger partial charge is 0.246 e. The van der Waals surface area contributed by atoms with Gasteiger partial charge in [0.05, 0.1) is 43.6 Å². The molecule has 4 heterocycles. The zero-order valence-corrected chi connectivity index (χ0v) is 24.9. The number of likely N-dealkylation sites (tertiary alicyclic amines) is 1. The fourth-order valence-electron chi connectivity index (χ4n) is 7.39. The van der Waals surface area contributed by atoms with E-state index in [9.17, 15) is 14.9 Å². The first-order valence-corrected chi connectivity index (χ1v) is 15.4. The van der Waals surface area contributed by atoms with Gasteiger partial charge in [0, 0.05) is 43.0 Å². The molecule has 42 heavy (non-hydrogen) atoms. The number of hydrogen-bond donors (Lipinski definition) is 1. The topological polar surface area (TPSA) is 110 Å². The van der Waals surface area contributed by atoms with Crippen molar-refractivity contribution in [2.45, 2.75) is 75.3 Å². The van der Waals surface area contributed by atoms with Crippen LogP contribution >= 0.6 is 11.6 Å². The lowest BCUT2D eigenvalue weighted by Crippen LogP contribution is -2.68. The lowest BCUT2D eigenvalue weighted by atomic mass is 9.70. The zero-order chi connectivity index (χ0) is 29.4. The van der Waals surface area contributed by atoms with Gasteiger partial charge in [-0.3, -0.25) is 19.8 Å². The van der Waals surface area contributed by atoms with Crippen LogP contribution in [-0.4, -0.2) is 102 Å². The highest BCUT2D eigenvalue weighted by Gasteiger charge is 2.54. The van der Waals surface area contributed by atoms with E-state index in [0.29, 0.717) is 68.9 Å². The van der Waals surface area contributed by atoms with Gasteiger partial charge in [-0.05, 0) is 62.5 Å². The van der Waals surface area contributed by atoms with Crippen LogP contribution in [0.2, 0.25) is 5.02 Å². The monoisotopic (exact) mass is 594 g/mol. The van der Waals surface area contributed by atoms with Crippen LogP contribution in [0.1, 0.15) is 43.2 Å². The van der Waals surface area contributed by atoms with Gasteiger partial charge in [0.1, 0.15) is 5.60 Å². The van der Waals surface area contributed by atoms with Crippen LogP contribution in [-0.2, 0) is 32.1 Å². The molecule has 1 amide bonds. The summed E-state index contributed by atoms with van der Waals surface area (Å²) in [5, 5.41) is 13.8.